The standard InChI is InChI=1S/C14H11F3N2O2/c1-8-11(9(2)20)12(14(15,16)17)18-19(8)13(21)10-6-4-3-5-7-10/h3-7H,1-2H3. The number of ketones is 1. The predicted octanol–water partition coefficient (Wildman–Crippen LogP) is 3.10. The number of aromatic nitrogens is 2. The van der Waals surface area contributed by atoms with E-state index in [9.17, 15) is 22.8 Å². The molecule has 0 aliphatic heterocycles. The maximum absolute atomic E-state index is 12.9. The van der Waals surface area contributed by atoms with E-state index in [0.717, 1.165) is 6.92 Å². The molecule has 0 spiro atoms. The topological polar surface area (TPSA) is 52.0 Å². The number of nitrogens with zero attached hydrogens (tertiary/aromatic N) is 2. The molecule has 2 aromatic rings. The average molecular weight is 296 g/mol. The fourth-order valence-corrected chi connectivity index (χ4v) is 2.02. The van der Waals surface area contributed by atoms with Gasteiger partial charge in [-0.15, -0.1) is 0 Å². The highest BCUT2D eigenvalue weighted by atomic mass is 19.4. The first kappa shape index (κ1) is 15.0. The Morgan fingerprint density at radius 1 is 1.14 bits per heavy atom. The van der Waals surface area contributed by atoms with Crippen molar-refractivity contribution in [1.29, 1.82) is 0 Å². The molecule has 0 N–H and O–H groups in total. The zero-order chi connectivity index (χ0) is 15.8. The van der Waals surface area contributed by atoms with Crippen LogP contribution in [0, 0.1) is 6.92 Å². The number of carbonyl (C=O) groups excluding carboxylic acids is 2. The van der Waals surface area contributed by atoms with Crippen molar-refractivity contribution in [2.24, 2.45) is 0 Å². The SMILES string of the molecule is CC(=O)c1c(C(F)(F)F)nn(C(=O)c2ccccc2)c1C. The number of hydrogen-bond donors (Lipinski definition) is 0. The number of Topliss-reactive ketones (excluding diaryl/α,β-unsaturated/α-hetero) is 1. The largest absolute Gasteiger partial charge is 0.435 e. The molecule has 0 unspecified atom stereocenters. The summed E-state index contributed by atoms with van der Waals surface area (Å²) in [5.41, 5.74) is -1.85. The van der Waals surface area contributed by atoms with Gasteiger partial charge in [-0.3, -0.25) is 9.59 Å². The molecule has 7 heteroatoms. The minimum absolute atomic E-state index is 0.122. The summed E-state index contributed by atoms with van der Waals surface area (Å²) in [7, 11) is 0. The highest BCUT2D eigenvalue weighted by Crippen LogP contribution is 2.32. The summed E-state index contributed by atoms with van der Waals surface area (Å²) in [6.07, 6.45) is -4.80. The minimum Gasteiger partial charge on any atom is -0.294 e. The Morgan fingerprint density at radius 3 is 2.14 bits per heavy atom. The Bertz CT molecular complexity index is 703. The molecule has 1 heterocycles. The highest BCUT2D eigenvalue weighted by molar-refractivity contribution is 6.00. The van der Waals surface area contributed by atoms with E-state index < -0.39 is 29.1 Å². The van der Waals surface area contributed by atoms with Crippen molar-refractivity contribution in [2.45, 2.75) is 20.0 Å². The number of rotatable bonds is 2. The van der Waals surface area contributed by atoms with Gasteiger partial charge in [-0.2, -0.15) is 23.0 Å². The van der Waals surface area contributed by atoms with Gasteiger partial charge in [0.05, 0.1) is 11.3 Å². The first-order valence-electron chi connectivity index (χ1n) is 6.01. The monoisotopic (exact) mass is 296 g/mol. The van der Waals surface area contributed by atoms with Gasteiger partial charge in [0.2, 0.25) is 0 Å². The maximum Gasteiger partial charge on any atom is 0.435 e. The van der Waals surface area contributed by atoms with E-state index in [4.69, 9.17) is 0 Å². The number of hydrogen-bond acceptors (Lipinski definition) is 3. The maximum atomic E-state index is 12.9. The summed E-state index contributed by atoms with van der Waals surface area (Å²) >= 11 is 0. The van der Waals surface area contributed by atoms with Crippen LogP contribution in [0.3, 0.4) is 0 Å². The highest BCUT2D eigenvalue weighted by Gasteiger charge is 2.40. The van der Waals surface area contributed by atoms with Gasteiger partial charge in [0.15, 0.2) is 11.5 Å². The van der Waals surface area contributed by atoms with Gasteiger partial charge in [0.25, 0.3) is 5.91 Å². The van der Waals surface area contributed by atoms with E-state index in [1.807, 2.05) is 0 Å². The molecule has 0 bridgehead atoms. The third kappa shape index (κ3) is 2.72. The summed E-state index contributed by atoms with van der Waals surface area (Å²) in [6, 6.07) is 7.77. The average Bonchev–Trinajstić information content (AvgIpc) is 2.76. The van der Waals surface area contributed by atoms with Crippen molar-refractivity contribution >= 4 is 11.7 Å². The summed E-state index contributed by atoms with van der Waals surface area (Å²) in [6.45, 7) is 2.27. The van der Waals surface area contributed by atoms with Gasteiger partial charge >= 0.3 is 6.18 Å². The van der Waals surface area contributed by atoms with Crippen molar-refractivity contribution in [3.05, 3.63) is 52.8 Å². The van der Waals surface area contributed by atoms with Crippen molar-refractivity contribution < 1.29 is 22.8 Å². The van der Waals surface area contributed by atoms with Gasteiger partial charge in [0, 0.05) is 5.56 Å². The molecular formula is C14H11F3N2O2. The molecule has 0 amide bonds. The Labute approximate surface area is 118 Å². The molecule has 2 rings (SSSR count). The molecule has 0 saturated carbocycles. The van der Waals surface area contributed by atoms with E-state index in [2.05, 4.69) is 5.10 Å². The summed E-state index contributed by atoms with van der Waals surface area (Å²) in [5, 5.41) is 3.30. The van der Waals surface area contributed by atoms with E-state index in [1.54, 1.807) is 18.2 Å². The molecule has 4 nitrogen and oxygen atoms in total. The number of halogens is 3. The summed E-state index contributed by atoms with van der Waals surface area (Å²) in [4.78, 5) is 23.6. The van der Waals surface area contributed by atoms with Crippen LogP contribution < -0.4 is 0 Å². The van der Waals surface area contributed by atoms with Crippen LogP contribution in [0.5, 0.6) is 0 Å². The molecule has 0 saturated heterocycles. The lowest BCUT2D eigenvalue weighted by Crippen LogP contribution is -2.16. The number of carbonyl (C=O) groups is 2. The lowest BCUT2D eigenvalue weighted by Gasteiger charge is -2.03. The van der Waals surface area contributed by atoms with Crippen LogP contribution in [0.15, 0.2) is 30.3 Å². The fraction of sp³-hybridized carbons (Fsp3) is 0.214. The Balaban J connectivity index is 2.62. The third-order valence-corrected chi connectivity index (χ3v) is 2.95. The molecule has 0 aliphatic carbocycles. The van der Waals surface area contributed by atoms with Crippen molar-refractivity contribution in [3.8, 4) is 0 Å². The summed E-state index contributed by atoms with van der Waals surface area (Å²) in [5.74, 6) is -1.50. The molecule has 1 aromatic heterocycles. The van der Waals surface area contributed by atoms with Gasteiger partial charge < -0.3 is 0 Å². The Hall–Kier alpha value is -2.44. The second-order valence-electron chi connectivity index (χ2n) is 4.45. The molecule has 1 aromatic carbocycles. The van der Waals surface area contributed by atoms with Crippen molar-refractivity contribution in [1.82, 2.24) is 9.78 Å². The quantitative estimate of drug-likeness (QED) is 0.800. The second kappa shape index (κ2) is 5.16. The van der Waals surface area contributed by atoms with Crippen LogP contribution in [0.25, 0.3) is 0 Å². The van der Waals surface area contributed by atoms with E-state index in [1.165, 1.54) is 19.1 Å². The van der Waals surface area contributed by atoms with E-state index in [-0.39, 0.29) is 11.3 Å². The molecular weight excluding hydrogens is 285 g/mol. The van der Waals surface area contributed by atoms with Gasteiger partial charge in [-0.05, 0) is 26.0 Å². The lowest BCUT2D eigenvalue weighted by molar-refractivity contribution is -0.141. The van der Waals surface area contributed by atoms with Gasteiger partial charge in [-0.25, -0.2) is 0 Å². The molecule has 0 atom stereocenters. The molecule has 0 aliphatic rings. The third-order valence-electron chi connectivity index (χ3n) is 2.95. The van der Waals surface area contributed by atoms with Crippen LogP contribution in [-0.4, -0.2) is 21.5 Å². The minimum atomic E-state index is -4.80. The first-order chi connectivity index (χ1) is 9.73. The van der Waals surface area contributed by atoms with Gasteiger partial charge in [-0.1, -0.05) is 18.2 Å². The second-order valence-corrected chi connectivity index (χ2v) is 4.45. The van der Waals surface area contributed by atoms with Crippen LogP contribution >= 0.6 is 0 Å². The van der Waals surface area contributed by atoms with Crippen LogP contribution in [-0.2, 0) is 6.18 Å². The van der Waals surface area contributed by atoms with Crippen molar-refractivity contribution in [3.63, 3.8) is 0 Å². The predicted molar refractivity (Wildman–Crippen MR) is 68.1 cm³/mol. The van der Waals surface area contributed by atoms with Gasteiger partial charge in [0.1, 0.15) is 0 Å². The smallest absolute Gasteiger partial charge is 0.294 e. The normalized spacial score (nSPS) is 11.5. The molecule has 21 heavy (non-hydrogen) atoms. The lowest BCUT2D eigenvalue weighted by atomic mass is 10.1. The van der Waals surface area contributed by atoms with Crippen molar-refractivity contribution in [2.75, 3.05) is 0 Å². The van der Waals surface area contributed by atoms with E-state index >= 15 is 0 Å². The molecule has 110 valence electrons. The zero-order valence-corrected chi connectivity index (χ0v) is 11.2. The summed E-state index contributed by atoms with van der Waals surface area (Å²) < 4.78 is 39.4. The van der Waals surface area contributed by atoms with E-state index in [0.29, 0.717) is 4.68 Å². The zero-order valence-electron chi connectivity index (χ0n) is 11.2. The Kier molecular flexibility index (Phi) is 3.67. The fourth-order valence-electron chi connectivity index (χ4n) is 2.02. The van der Waals surface area contributed by atoms with Crippen LogP contribution in [0.4, 0.5) is 13.2 Å². The Morgan fingerprint density at radius 2 is 1.71 bits per heavy atom. The van der Waals surface area contributed by atoms with Crippen LogP contribution in [0.2, 0.25) is 0 Å². The number of benzene rings is 1. The number of alkyl halides is 3. The molecule has 0 fully saturated rings. The van der Waals surface area contributed by atoms with Crippen LogP contribution in [0.1, 0.15) is 39.0 Å². The molecule has 0 radical (unpaired) electrons. The first-order valence-corrected chi connectivity index (χ1v) is 6.01.